The zero-order valence-electron chi connectivity index (χ0n) is 15.4. The fraction of sp³-hybridized carbons (Fsp3) is 0.300. The molecule has 30 heavy (non-hydrogen) atoms. The molecule has 2 aromatic carbocycles. The molecule has 1 aliphatic carbocycles. The van der Waals surface area contributed by atoms with E-state index in [2.05, 4.69) is 15.6 Å². The maximum absolute atomic E-state index is 13.0. The van der Waals surface area contributed by atoms with Crippen LogP contribution in [-0.2, 0) is 18.9 Å². The van der Waals surface area contributed by atoms with E-state index in [1.54, 1.807) is 0 Å². The molecule has 0 spiro atoms. The van der Waals surface area contributed by atoms with Crippen molar-refractivity contribution >= 4 is 0 Å². The van der Waals surface area contributed by atoms with Gasteiger partial charge in [-0.25, -0.2) is 4.68 Å². The van der Waals surface area contributed by atoms with Crippen LogP contribution in [0.5, 0.6) is 0 Å². The van der Waals surface area contributed by atoms with Crippen LogP contribution in [0.1, 0.15) is 34.7 Å². The van der Waals surface area contributed by atoms with Crippen LogP contribution in [0.4, 0.5) is 26.3 Å². The molecule has 4 nitrogen and oxygen atoms in total. The number of hydrogen-bond acceptors (Lipinski definition) is 3. The summed E-state index contributed by atoms with van der Waals surface area (Å²) in [6, 6.07) is 11.5. The zero-order chi connectivity index (χ0) is 21.5. The molecule has 0 aliphatic heterocycles. The van der Waals surface area contributed by atoms with Gasteiger partial charge < -0.3 is 5.32 Å². The molecule has 1 aromatic heterocycles. The molecule has 0 amide bonds. The van der Waals surface area contributed by atoms with E-state index >= 15 is 0 Å². The number of aromatic nitrogens is 3. The average Bonchev–Trinajstić information content (AvgIpc) is 3.32. The molecule has 1 fully saturated rings. The third kappa shape index (κ3) is 4.48. The molecule has 4 rings (SSSR count). The maximum Gasteiger partial charge on any atom is 0.416 e. The van der Waals surface area contributed by atoms with Crippen LogP contribution in [0.2, 0.25) is 0 Å². The van der Waals surface area contributed by atoms with E-state index in [0.717, 1.165) is 11.1 Å². The Morgan fingerprint density at radius 3 is 2.17 bits per heavy atom. The predicted octanol–water partition coefficient (Wildman–Crippen LogP) is 4.95. The molecular weight excluding hydrogens is 410 g/mol. The van der Waals surface area contributed by atoms with Gasteiger partial charge in [0, 0.05) is 18.5 Å². The van der Waals surface area contributed by atoms with Gasteiger partial charge in [0.05, 0.1) is 28.7 Å². The Bertz CT molecular complexity index is 994. The second-order valence-corrected chi connectivity index (χ2v) is 7.16. The number of benzene rings is 2. The molecule has 0 bridgehead atoms. The van der Waals surface area contributed by atoms with E-state index in [1.165, 1.54) is 11.8 Å². The van der Waals surface area contributed by atoms with Crippen molar-refractivity contribution in [1.82, 2.24) is 20.3 Å². The fourth-order valence-electron chi connectivity index (χ4n) is 3.30. The first-order valence-electron chi connectivity index (χ1n) is 9.11. The molecule has 0 saturated heterocycles. The van der Waals surface area contributed by atoms with Gasteiger partial charge in [-0.3, -0.25) is 0 Å². The third-order valence-corrected chi connectivity index (χ3v) is 4.94. The number of rotatable bonds is 5. The van der Waals surface area contributed by atoms with Crippen molar-refractivity contribution in [2.45, 2.75) is 37.3 Å². The Labute approximate surface area is 167 Å². The molecule has 0 unspecified atom stereocenters. The van der Waals surface area contributed by atoms with Gasteiger partial charge in [-0.2, -0.15) is 26.3 Å². The summed E-state index contributed by atoms with van der Waals surface area (Å²) >= 11 is 0. The third-order valence-electron chi connectivity index (χ3n) is 4.94. The van der Waals surface area contributed by atoms with Crippen LogP contribution in [0.15, 0.2) is 54.7 Å². The summed E-state index contributed by atoms with van der Waals surface area (Å²) in [6.07, 6.45) is -7.57. The van der Waals surface area contributed by atoms with E-state index in [-0.39, 0.29) is 17.8 Å². The van der Waals surface area contributed by atoms with Crippen LogP contribution >= 0.6 is 0 Å². The second kappa shape index (κ2) is 7.42. The minimum absolute atomic E-state index is 0.0830. The number of alkyl halides is 6. The minimum Gasteiger partial charge on any atom is -0.308 e. The highest BCUT2D eigenvalue weighted by atomic mass is 19.4. The lowest BCUT2D eigenvalue weighted by atomic mass is 10.1. The van der Waals surface area contributed by atoms with Gasteiger partial charge in [0.15, 0.2) is 0 Å². The Morgan fingerprint density at radius 2 is 1.57 bits per heavy atom. The summed E-state index contributed by atoms with van der Waals surface area (Å²) in [7, 11) is 0. The van der Waals surface area contributed by atoms with Crippen molar-refractivity contribution in [2.75, 3.05) is 0 Å². The van der Waals surface area contributed by atoms with Crippen molar-refractivity contribution < 1.29 is 26.3 Å². The minimum atomic E-state index is -4.92. The average molecular weight is 426 g/mol. The van der Waals surface area contributed by atoms with Crippen molar-refractivity contribution in [3.8, 4) is 5.69 Å². The fourth-order valence-corrected chi connectivity index (χ4v) is 3.30. The van der Waals surface area contributed by atoms with Gasteiger partial charge in [0.25, 0.3) is 0 Å². The number of nitrogens with zero attached hydrogens (tertiary/aromatic N) is 3. The highest BCUT2D eigenvalue weighted by molar-refractivity contribution is 5.42. The lowest BCUT2D eigenvalue weighted by Crippen LogP contribution is -2.17. The number of halogens is 6. The molecule has 1 saturated carbocycles. The quantitative estimate of drug-likeness (QED) is 0.587. The molecule has 1 heterocycles. The van der Waals surface area contributed by atoms with E-state index in [9.17, 15) is 26.3 Å². The maximum atomic E-state index is 13.0. The standard InChI is InChI=1S/C20H16F6N4/c21-19(22,23)13-6-14(20(24,25)26)8-16(7-13)30-11-15(28-29-30)10-27-18-9-17(18)12-4-2-1-3-5-12/h1-8,11,17-18,27H,9-10H2/t17-,18+/m0/s1. The Balaban J connectivity index is 1.49. The summed E-state index contributed by atoms with van der Waals surface area (Å²) in [5, 5.41) is 10.8. The number of nitrogens with one attached hydrogen (secondary N) is 1. The van der Waals surface area contributed by atoms with Crippen LogP contribution in [0, 0.1) is 0 Å². The Morgan fingerprint density at radius 1 is 0.933 bits per heavy atom. The zero-order valence-corrected chi connectivity index (χ0v) is 15.4. The normalized spacial score (nSPS) is 19.1. The lowest BCUT2D eigenvalue weighted by Gasteiger charge is -2.13. The summed E-state index contributed by atoms with van der Waals surface area (Å²) in [4.78, 5) is 0. The first kappa shape index (κ1) is 20.4. The van der Waals surface area contributed by atoms with Crippen molar-refractivity contribution in [3.63, 3.8) is 0 Å². The van der Waals surface area contributed by atoms with Crippen LogP contribution in [0.3, 0.4) is 0 Å². The summed E-state index contributed by atoms with van der Waals surface area (Å²) in [5.41, 5.74) is -1.52. The van der Waals surface area contributed by atoms with E-state index in [1.807, 2.05) is 30.3 Å². The molecule has 1 aliphatic rings. The largest absolute Gasteiger partial charge is 0.416 e. The first-order valence-corrected chi connectivity index (χ1v) is 9.11. The van der Waals surface area contributed by atoms with Crippen molar-refractivity contribution in [3.05, 3.63) is 77.1 Å². The van der Waals surface area contributed by atoms with Crippen LogP contribution in [-0.4, -0.2) is 21.0 Å². The summed E-state index contributed by atoms with van der Waals surface area (Å²) in [5.74, 6) is 0.374. The molecule has 10 heteroatoms. The van der Waals surface area contributed by atoms with Crippen molar-refractivity contribution in [2.24, 2.45) is 0 Å². The van der Waals surface area contributed by atoms with E-state index in [4.69, 9.17) is 0 Å². The molecule has 3 aromatic rings. The molecule has 0 radical (unpaired) electrons. The highest BCUT2D eigenvalue weighted by Crippen LogP contribution is 2.41. The van der Waals surface area contributed by atoms with Gasteiger partial charge in [0.1, 0.15) is 0 Å². The molecule has 2 atom stereocenters. The molecular formula is C20H16F6N4. The molecule has 1 N–H and O–H groups in total. The summed E-state index contributed by atoms with van der Waals surface area (Å²) < 4.78 is 79.1. The second-order valence-electron chi connectivity index (χ2n) is 7.16. The monoisotopic (exact) mass is 426 g/mol. The highest BCUT2D eigenvalue weighted by Gasteiger charge is 2.38. The molecule has 158 valence electrons. The summed E-state index contributed by atoms with van der Waals surface area (Å²) in [6.45, 7) is 0.305. The lowest BCUT2D eigenvalue weighted by molar-refractivity contribution is -0.143. The van der Waals surface area contributed by atoms with Crippen LogP contribution in [0.25, 0.3) is 5.69 Å². The number of hydrogen-bond donors (Lipinski definition) is 1. The predicted molar refractivity (Wildman–Crippen MR) is 95.8 cm³/mol. The SMILES string of the molecule is FC(F)(F)c1cc(-n2cc(CN[C@@H]3C[C@H]3c3ccccc3)nn2)cc(C(F)(F)F)c1. The van der Waals surface area contributed by atoms with Gasteiger partial charge in [-0.1, -0.05) is 35.5 Å². The smallest absolute Gasteiger partial charge is 0.308 e. The topological polar surface area (TPSA) is 42.7 Å². The van der Waals surface area contributed by atoms with Crippen molar-refractivity contribution in [1.29, 1.82) is 0 Å². The Kier molecular flexibility index (Phi) is 5.05. The van der Waals surface area contributed by atoms with Gasteiger partial charge >= 0.3 is 12.4 Å². The van der Waals surface area contributed by atoms with Gasteiger partial charge in [-0.05, 0) is 30.2 Å². The van der Waals surface area contributed by atoms with Gasteiger partial charge in [0.2, 0.25) is 0 Å². The van der Waals surface area contributed by atoms with Crippen LogP contribution < -0.4 is 5.32 Å². The van der Waals surface area contributed by atoms with E-state index in [0.29, 0.717) is 30.3 Å². The Hall–Kier alpha value is -2.88. The van der Waals surface area contributed by atoms with E-state index < -0.39 is 23.5 Å². The first-order chi connectivity index (χ1) is 14.1. The van der Waals surface area contributed by atoms with Gasteiger partial charge in [-0.15, -0.1) is 5.10 Å².